The molecule has 0 bridgehead atoms. The van der Waals surface area contributed by atoms with Crippen molar-refractivity contribution in [3.8, 4) is 0 Å². The van der Waals surface area contributed by atoms with E-state index in [1.807, 2.05) is 0 Å². The first kappa shape index (κ1) is 17.7. The van der Waals surface area contributed by atoms with Crippen LogP contribution in [0.3, 0.4) is 0 Å². The van der Waals surface area contributed by atoms with E-state index in [-0.39, 0.29) is 43.8 Å². The number of likely N-dealkylation sites (tertiary alicyclic amines) is 1. The number of anilines is 1. The highest BCUT2D eigenvalue weighted by molar-refractivity contribution is 6.30. The number of carboxylic acids is 1. The monoisotopic (exact) mass is 366 g/mol. The van der Waals surface area contributed by atoms with Crippen LogP contribution >= 0.6 is 11.6 Å². The number of carbonyl (C=O) groups excluding carboxylic acids is 2. The lowest BCUT2D eigenvalue weighted by molar-refractivity contribution is -0.149. The second-order valence-electron chi connectivity index (χ2n) is 6.32. The van der Waals surface area contributed by atoms with E-state index in [0.717, 1.165) is 0 Å². The minimum atomic E-state index is -1.05. The predicted molar refractivity (Wildman–Crippen MR) is 90.5 cm³/mol. The Kier molecular flexibility index (Phi) is 4.96. The zero-order valence-corrected chi connectivity index (χ0v) is 14.5. The summed E-state index contributed by atoms with van der Waals surface area (Å²) in [6.45, 7) is 0.470. The molecule has 1 N–H and O–H groups in total. The molecule has 3 rings (SSSR count). The summed E-state index contributed by atoms with van der Waals surface area (Å²) in [6, 6.07) is 5.91. The van der Waals surface area contributed by atoms with Crippen molar-refractivity contribution < 1.29 is 24.2 Å². The molecular formula is C17H19ClN2O5. The largest absolute Gasteiger partial charge is 0.480 e. The number of nitrogens with zero attached hydrogens (tertiary/aromatic N) is 2. The summed E-state index contributed by atoms with van der Waals surface area (Å²) in [5.41, 5.74) is 0.677. The highest BCUT2D eigenvalue weighted by Gasteiger charge is 2.45. The average molecular weight is 367 g/mol. The second-order valence-corrected chi connectivity index (χ2v) is 6.76. The van der Waals surface area contributed by atoms with Gasteiger partial charge in [-0.1, -0.05) is 11.6 Å². The van der Waals surface area contributed by atoms with Gasteiger partial charge in [0.25, 0.3) is 0 Å². The fourth-order valence-corrected chi connectivity index (χ4v) is 3.55. The van der Waals surface area contributed by atoms with Gasteiger partial charge in [0.2, 0.25) is 11.8 Å². The molecule has 1 aromatic carbocycles. The van der Waals surface area contributed by atoms with E-state index in [4.69, 9.17) is 16.3 Å². The third-order valence-electron chi connectivity index (χ3n) is 4.78. The molecule has 0 aromatic heterocycles. The van der Waals surface area contributed by atoms with E-state index in [9.17, 15) is 19.5 Å². The maximum atomic E-state index is 12.8. The molecule has 8 heteroatoms. The van der Waals surface area contributed by atoms with Crippen molar-refractivity contribution in [2.24, 2.45) is 5.92 Å². The van der Waals surface area contributed by atoms with Gasteiger partial charge in [-0.3, -0.25) is 9.59 Å². The summed E-state index contributed by atoms with van der Waals surface area (Å²) < 4.78 is 5.21. The van der Waals surface area contributed by atoms with Gasteiger partial charge in [-0.2, -0.15) is 0 Å². The summed E-state index contributed by atoms with van der Waals surface area (Å²) >= 11 is 5.86. The lowest BCUT2D eigenvalue weighted by Gasteiger charge is -2.24. The van der Waals surface area contributed by atoms with E-state index in [0.29, 0.717) is 10.7 Å². The molecule has 134 valence electrons. The fourth-order valence-electron chi connectivity index (χ4n) is 3.42. The summed E-state index contributed by atoms with van der Waals surface area (Å²) in [6.07, 6.45) is 0.0377. The lowest BCUT2D eigenvalue weighted by Crippen LogP contribution is -2.44. The van der Waals surface area contributed by atoms with Crippen LogP contribution in [0, 0.1) is 5.92 Å². The standard InChI is InChI=1S/C17H19ClN2O5/c1-25-13-7-14(17(23)24)20(9-13)16(22)10-6-15(21)19(8-10)12-4-2-11(18)3-5-12/h2-5,10,13-14H,6-9H2,1H3,(H,23,24). The number of halogens is 1. The molecule has 1 aromatic rings. The van der Waals surface area contributed by atoms with E-state index in [1.165, 1.54) is 12.0 Å². The van der Waals surface area contributed by atoms with Crippen molar-refractivity contribution in [1.29, 1.82) is 0 Å². The molecule has 3 unspecified atom stereocenters. The van der Waals surface area contributed by atoms with Gasteiger partial charge in [-0.15, -0.1) is 0 Å². The highest BCUT2D eigenvalue weighted by Crippen LogP contribution is 2.30. The zero-order valence-electron chi connectivity index (χ0n) is 13.7. The number of benzene rings is 1. The summed E-state index contributed by atoms with van der Waals surface area (Å²) in [4.78, 5) is 39.4. The van der Waals surface area contributed by atoms with Gasteiger partial charge in [0, 0.05) is 43.8 Å². The molecule has 25 heavy (non-hydrogen) atoms. The molecule has 7 nitrogen and oxygen atoms in total. The first-order valence-electron chi connectivity index (χ1n) is 8.02. The van der Waals surface area contributed by atoms with Crippen LogP contribution in [0.25, 0.3) is 0 Å². The first-order valence-corrected chi connectivity index (χ1v) is 8.40. The molecule has 0 spiro atoms. The third kappa shape index (κ3) is 3.48. The van der Waals surface area contributed by atoms with Crippen molar-refractivity contribution in [3.05, 3.63) is 29.3 Å². The zero-order chi connectivity index (χ0) is 18.1. The smallest absolute Gasteiger partial charge is 0.326 e. The molecule has 2 aliphatic rings. The minimum absolute atomic E-state index is 0.0714. The van der Waals surface area contributed by atoms with Gasteiger partial charge in [-0.05, 0) is 24.3 Å². The van der Waals surface area contributed by atoms with Crippen LogP contribution in [0.5, 0.6) is 0 Å². The van der Waals surface area contributed by atoms with Gasteiger partial charge in [0.15, 0.2) is 0 Å². The Morgan fingerprint density at radius 2 is 1.92 bits per heavy atom. The van der Waals surface area contributed by atoms with Gasteiger partial charge < -0.3 is 19.6 Å². The lowest BCUT2D eigenvalue weighted by atomic mass is 10.1. The molecule has 0 aliphatic carbocycles. The number of carboxylic acid groups (broad SMARTS) is 1. The van der Waals surface area contributed by atoms with Gasteiger partial charge >= 0.3 is 5.97 Å². The average Bonchev–Trinajstić information content (AvgIpc) is 3.19. The van der Waals surface area contributed by atoms with Crippen LogP contribution < -0.4 is 4.90 Å². The molecule has 2 saturated heterocycles. The van der Waals surface area contributed by atoms with E-state index < -0.39 is 17.9 Å². The van der Waals surface area contributed by atoms with Crippen LogP contribution in [0.4, 0.5) is 5.69 Å². The number of carbonyl (C=O) groups is 3. The molecular weight excluding hydrogens is 348 g/mol. The van der Waals surface area contributed by atoms with Crippen molar-refractivity contribution in [3.63, 3.8) is 0 Å². The first-order chi connectivity index (χ1) is 11.9. The molecule has 2 aliphatic heterocycles. The second kappa shape index (κ2) is 7.01. The predicted octanol–water partition coefficient (Wildman–Crippen LogP) is 1.39. The number of hydrogen-bond acceptors (Lipinski definition) is 4. The minimum Gasteiger partial charge on any atom is -0.480 e. The number of aliphatic carboxylic acids is 1. The maximum Gasteiger partial charge on any atom is 0.326 e. The van der Waals surface area contributed by atoms with Crippen LogP contribution in [0.2, 0.25) is 5.02 Å². The Morgan fingerprint density at radius 3 is 2.52 bits per heavy atom. The van der Waals surface area contributed by atoms with Gasteiger partial charge in [-0.25, -0.2) is 4.79 Å². The van der Waals surface area contributed by atoms with Gasteiger partial charge in [0.1, 0.15) is 6.04 Å². The van der Waals surface area contributed by atoms with E-state index in [1.54, 1.807) is 29.2 Å². The Morgan fingerprint density at radius 1 is 1.24 bits per heavy atom. The Hall–Kier alpha value is -2.12. The Labute approximate surface area is 150 Å². The van der Waals surface area contributed by atoms with Crippen molar-refractivity contribution >= 4 is 35.1 Å². The maximum absolute atomic E-state index is 12.8. The highest BCUT2D eigenvalue weighted by atomic mass is 35.5. The molecule has 2 amide bonds. The third-order valence-corrected chi connectivity index (χ3v) is 5.03. The van der Waals surface area contributed by atoms with E-state index >= 15 is 0 Å². The van der Waals surface area contributed by atoms with Crippen LogP contribution in [-0.2, 0) is 19.1 Å². The molecule has 0 radical (unpaired) electrons. The van der Waals surface area contributed by atoms with Crippen molar-refractivity contribution in [2.45, 2.75) is 25.0 Å². The number of hydrogen-bond donors (Lipinski definition) is 1. The fraction of sp³-hybridized carbons (Fsp3) is 0.471. The molecule has 3 atom stereocenters. The van der Waals surface area contributed by atoms with Crippen molar-refractivity contribution in [2.75, 3.05) is 25.1 Å². The molecule has 0 saturated carbocycles. The van der Waals surface area contributed by atoms with Crippen molar-refractivity contribution in [1.82, 2.24) is 4.90 Å². The molecule has 2 fully saturated rings. The summed E-state index contributed by atoms with van der Waals surface area (Å²) in [5.74, 6) is -2.07. The quantitative estimate of drug-likeness (QED) is 0.870. The number of amides is 2. The number of methoxy groups -OCH3 is 1. The number of ether oxygens (including phenoxy) is 1. The SMILES string of the molecule is COC1CC(C(=O)O)N(C(=O)C2CC(=O)N(c3ccc(Cl)cc3)C2)C1. The number of rotatable bonds is 4. The summed E-state index contributed by atoms with van der Waals surface area (Å²) in [7, 11) is 1.50. The van der Waals surface area contributed by atoms with Gasteiger partial charge in [0.05, 0.1) is 12.0 Å². The Bertz CT molecular complexity index is 693. The van der Waals surface area contributed by atoms with Crippen LogP contribution in [0.15, 0.2) is 24.3 Å². The molecule has 2 heterocycles. The Balaban J connectivity index is 1.74. The van der Waals surface area contributed by atoms with Crippen LogP contribution in [-0.4, -0.2) is 60.1 Å². The summed E-state index contributed by atoms with van der Waals surface area (Å²) in [5, 5.41) is 9.92. The van der Waals surface area contributed by atoms with E-state index in [2.05, 4.69) is 0 Å². The van der Waals surface area contributed by atoms with Crippen LogP contribution in [0.1, 0.15) is 12.8 Å². The normalized spacial score (nSPS) is 26.3. The topological polar surface area (TPSA) is 87.1 Å².